The van der Waals surface area contributed by atoms with Crippen molar-refractivity contribution in [2.24, 2.45) is 0 Å². The van der Waals surface area contributed by atoms with Gasteiger partial charge in [-0.05, 0) is 28.6 Å². The molecule has 4 nitrogen and oxygen atoms in total. The minimum absolute atomic E-state index is 0.215. The number of hydrazine groups is 1. The van der Waals surface area contributed by atoms with E-state index in [2.05, 4.69) is 53.0 Å². The third-order valence-corrected chi connectivity index (χ3v) is 12.0. The van der Waals surface area contributed by atoms with Crippen LogP contribution in [-0.2, 0) is 5.72 Å². The molecule has 1 aromatic rings. The fourth-order valence-electron chi connectivity index (χ4n) is 4.57. The van der Waals surface area contributed by atoms with E-state index in [0.717, 1.165) is 0 Å². The quantitative estimate of drug-likeness (QED) is 0.642. The summed E-state index contributed by atoms with van der Waals surface area (Å²) in [5.41, 5.74) is 4.43. The number of hydrogen-bond donors (Lipinski definition) is 1. The zero-order valence-corrected chi connectivity index (χ0v) is 18.3. The minimum atomic E-state index is -2.03. The van der Waals surface area contributed by atoms with Gasteiger partial charge in [-0.3, -0.25) is 4.79 Å². The van der Waals surface area contributed by atoms with Gasteiger partial charge in [0.25, 0.3) is 5.91 Å². The topological polar surface area (TPSA) is 43.8 Å². The molecule has 0 fully saturated rings. The summed E-state index contributed by atoms with van der Waals surface area (Å²) >= 11 is 0. The molecule has 1 aliphatic heterocycles. The third kappa shape index (κ3) is 3.00. The van der Waals surface area contributed by atoms with Crippen LogP contribution in [0.1, 0.15) is 57.5 Å². The number of benzene rings is 1. The Morgan fingerprint density at radius 1 is 1.04 bits per heavy atom. The number of carbonyl (C=O) groups is 1. The lowest BCUT2D eigenvalue weighted by molar-refractivity contribution is -0.125. The van der Waals surface area contributed by atoms with Crippen LogP contribution < -0.4 is 0 Å². The largest absolute Gasteiger partial charge is 0.356 e. The van der Waals surface area contributed by atoms with Crippen molar-refractivity contribution in [3.05, 3.63) is 35.4 Å². The van der Waals surface area contributed by atoms with Gasteiger partial charge >= 0.3 is 0 Å². The molecule has 1 amide bonds. The number of aliphatic hydroxyl groups is 1. The molecule has 2 rings (SSSR count). The lowest BCUT2D eigenvalue weighted by atomic mass is 10.0. The van der Waals surface area contributed by atoms with Gasteiger partial charge in [0.2, 0.25) is 5.72 Å². The predicted octanol–water partition coefficient (Wildman–Crippen LogP) is 3.99. The van der Waals surface area contributed by atoms with E-state index >= 15 is 0 Å². The van der Waals surface area contributed by atoms with Crippen molar-refractivity contribution in [1.82, 2.24) is 10.0 Å². The molecule has 0 spiro atoms. The summed E-state index contributed by atoms with van der Waals surface area (Å²) in [5, 5.41) is 14.6. The second-order valence-corrected chi connectivity index (χ2v) is 13.9. The van der Waals surface area contributed by atoms with E-state index in [9.17, 15) is 9.90 Å². The molecule has 1 heterocycles. The Kier molecular flexibility index (Phi) is 5.72. The number of nitrogens with zero attached hydrogens (tertiary/aromatic N) is 2. The number of amides is 1. The summed E-state index contributed by atoms with van der Waals surface area (Å²) in [6, 6.07) is 7.22. The molecule has 0 bridgehead atoms. The Balaban J connectivity index is 2.70. The first kappa shape index (κ1) is 20.7. The van der Waals surface area contributed by atoms with Crippen LogP contribution in [-0.4, -0.2) is 43.2 Å². The molecule has 142 valence electrons. The number of carbonyl (C=O) groups excluding carboxylic acids is 1. The number of fused-ring (bicyclic) bond motifs is 1. The van der Waals surface area contributed by atoms with E-state index in [1.807, 2.05) is 12.1 Å². The lowest BCUT2D eigenvalue weighted by Gasteiger charge is -2.39. The van der Waals surface area contributed by atoms with Gasteiger partial charge < -0.3 is 5.11 Å². The first-order valence-electron chi connectivity index (χ1n) is 9.38. The van der Waals surface area contributed by atoms with E-state index in [0.29, 0.717) is 27.8 Å². The molecular weight excluding hydrogens is 340 g/mol. The van der Waals surface area contributed by atoms with Gasteiger partial charge in [0.15, 0.2) is 0 Å². The van der Waals surface area contributed by atoms with Gasteiger partial charge in [0.1, 0.15) is 8.07 Å². The third-order valence-electron chi connectivity index (χ3n) is 5.75. The molecule has 1 aliphatic rings. The van der Waals surface area contributed by atoms with Crippen molar-refractivity contribution < 1.29 is 9.90 Å². The van der Waals surface area contributed by atoms with Crippen LogP contribution in [0.2, 0.25) is 16.6 Å². The molecule has 0 aromatic heterocycles. The standard InChI is InChI=1S/C21H32N2O2Si/c1-15(2)26(16(3)4,17(5)6)14-13-21(25)19-12-10-9-11-18(19)20(24)23(21)22(7)8/h9-12,15-17,25H,1-8H3. The maximum absolute atomic E-state index is 12.8. The Morgan fingerprint density at radius 3 is 2.00 bits per heavy atom. The zero-order valence-electron chi connectivity index (χ0n) is 17.3. The fourth-order valence-corrected chi connectivity index (χ4v) is 9.83. The molecule has 0 saturated heterocycles. The Hall–Kier alpha value is -1.61. The second kappa shape index (κ2) is 7.19. The fraction of sp³-hybridized carbons (Fsp3) is 0.571. The highest BCUT2D eigenvalue weighted by Crippen LogP contribution is 2.42. The number of rotatable bonds is 4. The SMILES string of the molecule is CC(C)[Si](C#CC1(O)c2ccccc2C(=O)N1N(C)C)(C(C)C)C(C)C. The maximum Gasteiger partial charge on any atom is 0.272 e. The van der Waals surface area contributed by atoms with E-state index in [1.54, 1.807) is 31.2 Å². The van der Waals surface area contributed by atoms with Crippen molar-refractivity contribution in [3.63, 3.8) is 0 Å². The minimum Gasteiger partial charge on any atom is -0.356 e. The van der Waals surface area contributed by atoms with Crippen LogP contribution in [0.4, 0.5) is 0 Å². The van der Waals surface area contributed by atoms with Gasteiger partial charge in [0.05, 0.1) is 5.56 Å². The van der Waals surface area contributed by atoms with Gasteiger partial charge in [-0.2, -0.15) is 0 Å². The average molecular weight is 373 g/mol. The first-order chi connectivity index (χ1) is 12.0. The highest BCUT2D eigenvalue weighted by atomic mass is 28.3. The molecule has 5 heteroatoms. The monoisotopic (exact) mass is 372 g/mol. The van der Waals surface area contributed by atoms with Crippen molar-refractivity contribution in [3.8, 4) is 11.5 Å². The van der Waals surface area contributed by atoms with E-state index in [-0.39, 0.29) is 5.91 Å². The zero-order chi connectivity index (χ0) is 19.9. The van der Waals surface area contributed by atoms with Crippen LogP contribution >= 0.6 is 0 Å². The van der Waals surface area contributed by atoms with Gasteiger partial charge in [-0.15, -0.1) is 5.54 Å². The molecule has 0 aliphatic carbocycles. The Morgan fingerprint density at radius 2 is 1.54 bits per heavy atom. The molecule has 1 unspecified atom stereocenters. The average Bonchev–Trinajstić information content (AvgIpc) is 2.75. The van der Waals surface area contributed by atoms with Crippen LogP contribution in [0, 0.1) is 11.5 Å². The molecule has 0 radical (unpaired) electrons. The summed E-state index contributed by atoms with van der Waals surface area (Å²) in [7, 11) is 1.49. The first-order valence-corrected chi connectivity index (χ1v) is 11.6. The van der Waals surface area contributed by atoms with Crippen molar-refractivity contribution >= 4 is 14.0 Å². The molecule has 1 atom stereocenters. The summed E-state index contributed by atoms with van der Waals surface area (Å²) < 4.78 is 0. The van der Waals surface area contributed by atoms with Gasteiger partial charge in [-0.1, -0.05) is 59.7 Å². The highest BCUT2D eigenvalue weighted by Gasteiger charge is 2.50. The predicted molar refractivity (Wildman–Crippen MR) is 109 cm³/mol. The number of hydrogen-bond acceptors (Lipinski definition) is 3. The molecule has 0 saturated carbocycles. The van der Waals surface area contributed by atoms with Crippen molar-refractivity contribution in [2.75, 3.05) is 14.1 Å². The van der Waals surface area contributed by atoms with Crippen LogP contribution in [0.15, 0.2) is 24.3 Å². The van der Waals surface area contributed by atoms with E-state index in [1.165, 1.54) is 5.01 Å². The molecular formula is C21H32N2O2Si. The van der Waals surface area contributed by atoms with Gasteiger partial charge in [0, 0.05) is 19.7 Å². The van der Waals surface area contributed by atoms with Crippen molar-refractivity contribution in [2.45, 2.75) is 63.9 Å². The van der Waals surface area contributed by atoms with Gasteiger partial charge in [-0.25, -0.2) is 10.0 Å². The van der Waals surface area contributed by atoms with E-state index in [4.69, 9.17) is 0 Å². The second-order valence-electron chi connectivity index (χ2n) is 8.33. The van der Waals surface area contributed by atoms with Crippen LogP contribution in [0.25, 0.3) is 0 Å². The summed E-state index contributed by atoms with van der Waals surface area (Å²) in [4.78, 5) is 12.8. The smallest absolute Gasteiger partial charge is 0.272 e. The maximum atomic E-state index is 12.8. The Bertz CT molecular complexity index is 724. The lowest BCUT2D eigenvalue weighted by Crippen LogP contribution is -2.51. The summed E-state index contributed by atoms with van der Waals surface area (Å²) in [6.45, 7) is 13.4. The van der Waals surface area contributed by atoms with Crippen molar-refractivity contribution in [1.29, 1.82) is 0 Å². The molecule has 1 N–H and O–H groups in total. The summed E-state index contributed by atoms with van der Waals surface area (Å²) in [5.74, 6) is 2.98. The molecule has 1 aromatic carbocycles. The van der Waals surface area contributed by atoms with Crippen LogP contribution in [0.5, 0.6) is 0 Å². The van der Waals surface area contributed by atoms with E-state index < -0.39 is 13.8 Å². The normalized spacial score (nSPS) is 20.2. The Labute approximate surface area is 159 Å². The molecule has 26 heavy (non-hydrogen) atoms. The summed E-state index contributed by atoms with van der Waals surface area (Å²) in [6.07, 6.45) is 0. The van der Waals surface area contributed by atoms with Crippen LogP contribution in [0.3, 0.4) is 0 Å². The highest BCUT2D eigenvalue weighted by molar-refractivity contribution is 6.90.